The molecule has 0 fully saturated rings. The summed E-state index contributed by atoms with van der Waals surface area (Å²) < 4.78 is 10.7. The molecule has 3 aromatic rings. The number of rotatable bonds is 4. The highest BCUT2D eigenvalue weighted by Gasteiger charge is 2.45. The van der Waals surface area contributed by atoms with E-state index in [1.807, 2.05) is 59.5 Å². The first-order valence-corrected chi connectivity index (χ1v) is 11.9. The van der Waals surface area contributed by atoms with Crippen molar-refractivity contribution in [2.45, 2.75) is 10.3 Å². The average molecular weight is 408 g/mol. The summed E-state index contributed by atoms with van der Waals surface area (Å²) in [6.07, 6.45) is 4.54. The van der Waals surface area contributed by atoms with Gasteiger partial charge in [-0.25, -0.2) is 0 Å². The van der Waals surface area contributed by atoms with Crippen LogP contribution in [0.3, 0.4) is 0 Å². The second-order valence-electron chi connectivity index (χ2n) is 7.41. The number of fused-ring (bicyclic) bond motifs is 1. The van der Waals surface area contributed by atoms with Crippen LogP contribution in [0.4, 0.5) is 5.69 Å². The van der Waals surface area contributed by atoms with Crippen molar-refractivity contribution in [1.82, 2.24) is 0 Å². The first-order chi connectivity index (χ1) is 14.0. The van der Waals surface area contributed by atoms with Gasteiger partial charge in [-0.2, -0.15) is 10.0 Å². The molecule has 1 amide bonds. The van der Waals surface area contributed by atoms with Gasteiger partial charge in [0.1, 0.15) is 11.5 Å². The second kappa shape index (κ2) is 7.48. The summed E-state index contributed by atoms with van der Waals surface area (Å²) in [6.45, 7) is 0. The monoisotopic (exact) mass is 407 g/mol. The predicted molar refractivity (Wildman–Crippen MR) is 120 cm³/mol. The molecule has 29 heavy (non-hydrogen) atoms. The number of hydrogen-bond donors (Lipinski definition) is 0. The van der Waals surface area contributed by atoms with E-state index < -0.39 is 10.0 Å². The van der Waals surface area contributed by atoms with Crippen LogP contribution in [0.5, 0.6) is 11.5 Å². The third-order valence-electron chi connectivity index (χ3n) is 5.43. The molecule has 150 valence electrons. The van der Waals surface area contributed by atoms with Crippen molar-refractivity contribution in [3.63, 3.8) is 0 Å². The molecule has 1 atom stereocenters. The quantitative estimate of drug-likeness (QED) is 0.574. The first-order valence-electron chi connectivity index (χ1n) is 9.40. The largest absolute Gasteiger partial charge is 0.497 e. The minimum Gasteiger partial charge on any atom is -0.497 e. The second-order valence-corrected chi connectivity index (χ2v) is 11.1. The third-order valence-corrected chi connectivity index (χ3v) is 8.49. The Morgan fingerprint density at radius 3 is 2.10 bits per heavy atom. The predicted octanol–water partition coefficient (Wildman–Crippen LogP) is 5.49. The highest BCUT2D eigenvalue weighted by molar-refractivity contribution is 8.33. The van der Waals surface area contributed by atoms with E-state index in [2.05, 4.69) is 30.7 Å². The smallest absolute Gasteiger partial charge is 0.259 e. The van der Waals surface area contributed by atoms with Crippen LogP contribution < -0.4 is 14.4 Å². The summed E-state index contributed by atoms with van der Waals surface area (Å²) in [6, 6.07) is 23.6. The van der Waals surface area contributed by atoms with Crippen LogP contribution in [-0.4, -0.2) is 32.6 Å². The summed E-state index contributed by atoms with van der Waals surface area (Å²) in [7, 11) is 1.95. The number of benzene rings is 3. The number of methoxy groups -OCH3 is 2. The molecule has 0 aliphatic carbocycles. The molecule has 4 rings (SSSR count). The van der Waals surface area contributed by atoms with Crippen LogP contribution in [0.2, 0.25) is 0 Å². The Kier molecular flexibility index (Phi) is 5.01. The Morgan fingerprint density at radius 1 is 0.862 bits per heavy atom. The Morgan fingerprint density at radius 2 is 1.48 bits per heavy atom. The number of carbonyl (C=O) groups is 1. The van der Waals surface area contributed by atoms with E-state index in [0.29, 0.717) is 5.56 Å². The number of carbonyl (C=O) groups excluding carboxylic acids is 1. The zero-order chi connectivity index (χ0) is 20.6. The molecule has 0 radical (unpaired) electrons. The highest BCUT2D eigenvalue weighted by Crippen LogP contribution is 2.70. The van der Waals surface area contributed by atoms with E-state index in [4.69, 9.17) is 9.47 Å². The molecule has 3 aromatic carbocycles. The first kappa shape index (κ1) is 19.4. The fraction of sp³-hybridized carbons (Fsp3) is 0.208. The van der Waals surface area contributed by atoms with E-state index in [-0.39, 0.29) is 11.3 Å². The summed E-state index contributed by atoms with van der Waals surface area (Å²) in [5.74, 6) is 1.54. The van der Waals surface area contributed by atoms with Gasteiger partial charge >= 0.3 is 0 Å². The van der Waals surface area contributed by atoms with Crippen molar-refractivity contribution in [2.75, 3.05) is 31.6 Å². The van der Waals surface area contributed by atoms with Gasteiger partial charge < -0.3 is 9.47 Å². The van der Waals surface area contributed by atoms with E-state index in [0.717, 1.165) is 22.7 Å². The van der Waals surface area contributed by atoms with Gasteiger partial charge in [0.15, 0.2) is 0 Å². The molecule has 0 spiro atoms. The summed E-state index contributed by atoms with van der Waals surface area (Å²) in [5.41, 5.74) is 2.75. The van der Waals surface area contributed by atoms with E-state index in [1.165, 1.54) is 4.90 Å². The lowest BCUT2D eigenvalue weighted by molar-refractivity contribution is 0.0984. The normalized spacial score (nSPS) is 18.1. The number of ether oxygens (including phenoxy) is 2. The van der Waals surface area contributed by atoms with E-state index in [1.54, 1.807) is 14.2 Å². The van der Waals surface area contributed by atoms with Crippen molar-refractivity contribution < 1.29 is 14.3 Å². The fourth-order valence-electron chi connectivity index (χ4n) is 3.95. The molecule has 4 nitrogen and oxygen atoms in total. The maximum Gasteiger partial charge on any atom is 0.259 e. The lowest BCUT2D eigenvalue weighted by Gasteiger charge is -2.37. The number of anilines is 1. The molecule has 1 aliphatic rings. The molecule has 0 saturated heterocycles. The van der Waals surface area contributed by atoms with Crippen LogP contribution in [0.25, 0.3) is 0 Å². The number of hydrogen-bond acceptors (Lipinski definition) is 3. The molecule has 0 N–H and O–H groups in total. The molecule has 0 bridgehead atoms. The Labute approximate surface area is 173 Å². The summed E-state index contributed by atoms with van der Waals surface area (Å²) in [4.78, 5) is 16.8. The van der Waals surface area contributed by atoms with Crippen LogP contribution in [0.1, 0.15) is 21.3 Å². The van der Waals surface area contributed by atoms with Crippen molar-refractivity contribution >= 4 is 21.6 Å². The van der Waals surface area contributed by atoms with Gasteiger partial charge in [-0.3, -0.25) is 9.69 Å². The average Bonchev–Trinajstić information content (AvgIpc) is 3.00. The Hall–Kier alpha value is -2.92. The van der Waals surface area contributed by atoms with Crippen LogP contribution >= 0.6 is 10.0 Å². The Bertz CT molecular complexity index is 1030. The van der Waals surface area contributed by atoms with Gasteiger partial charge in [-0.15, -0.1) is 0 Å². The van der Waals surface area contributed by atoms with Gasteiger partial charge in [-0.05, 0) is 60.5 Å². The number of nitrogens with zero attached hydrogens (tertiary/aromatic N) is 1. The zero-order valence-electron chi connectivity index (χ0n) is 17.1. The van der Waals surface area contributed by atoms with Crippen molar-refractivity contribution in [2.24, 2.45) is 0 Å². The molecular formula is C24H25NO3S. The minimum atomic E-state index is -1.35. The third kappa shape index (κ3) is 3.25. The van der Waals surface area contributed by atoms with Crippen molar-refractivity contribution in [3.8, 4) is 11.5 Å². The molecule has 0 aromatic heterocycles. The summed E-state index contributed by atoms with van der Waals surface area (Å²) in [5, 5.41) is -0.0413. The molecule has 5 heteroatoms. The van der Waals surface area contributed by atoms with Crippen molar-refractivity contribution in [1.29, 1.82) is 0 Å². The SMILES string of the molecule is COc1ccc(C(=O)N2c3ccc(OC)cc3S(C)(C)C2c2ccccc2)cc1. The van der Waals surface area contributed by atoms with Crippen LogP contribution in [0.15, 0.2) is 77.7 Å². The van der Waals surface area contributed by atoms with Gasteiger partial charge in [0.25, 0.3) is 5.91 Å². The maximum atomic E-state index is 13.7. The molecule has 1 heterocycles. The van der Waals surface area contributed by atoms with Gasteiger partial charge in [0.2, 0.25) is 0 Å². The number of amides is 1. The van der Waals surface area contributed by atoms with Crippen LogP contribution in [0, 0.1) is 0 Å². The molecule has 1 aliphatic heterocycles. The van der Waals surface area contributed by atoms with Gasteiger partial charge in [0, 0.05) is 10.5 Å². The molecule has 0 saturated carbocycles. The topological polar surface area (TPSA) is 38.8 Å². The van der Waals surface area contributed by atoms with E-state index >= 15 is 0 Å². The van der Waals surface area contributed by atoms with Gasteiger partial charge in [-0.1, -0.05) is 30.3 Å². The minimum absolute atomic E-state index is 0.00834. The zero-order valence-corrected chi connectivity index (χ0v) is 17.9. The summed E-state index contributed by atoms with van der Waals surface area (Å²) >= 11 is 0. The highest BCUT2D eigenvalue weighted by atomic mass is 32.3. The molecule has 1 unspecified atom stereocenters. The lowest BCUT2D eigenvalue weighted by atomic mass is 10.1. The van der Waals surface area contributed by atoms with Crippen LogP contribution in [-0.2, 0) is 0 Å². The van der Waals surface area contributed by atoms with Crippen molar-refractivity contribution in [3.05, 3.63) is 83.9 Å². The standard InChI is InChI=1S/C24H25NO3S/c1-27-19-12-10-17(11-13-19)23(26)25-21-15-14-20(28-2)16-22(21)29(3,4)24(25)18-8-6-5-7-9-18/h5-16,24H,1-4H3. The molecular weight excluding hydrogens is 382 g/mol. The van der Waals surface area contributed by atoms with Gasteiger partial charge in [0.05, 0.1) is 25.3 Å². The van der Waals surface area contributed by atoms with E-state index in [9.17, 15) is 4.79 Å². The fourth-order valence-corrected chi connectivity index (χ4v) is 6.89. The Balaban J connectivity index is 1.87. The maximum absolute atomic E-state index is 13.7. The lowest BCUT2D eigenvalue weighted by Crippen LogP contribution is -2.33.